The minimum atomic E-state index is -4.57. The van der Waals surface area contributed by atoms with E-state index >= 15 is 0 Å². The zero-order valence-electron chi connectivity index (χ0n) is 17.4. The normalized spacial score (nSPS) is 11.3. The summed E-state index contributed by atoms with van der Waals surface area (Å²) in [5.74, 6) is 0.201. The van der Waals surface area contributed by atoms with E-state index in [2.05, 4.69) is 15.3 Å². The van der Waals surface area contributed by atoms with Crippen molar-refractivity contribution in [2.75, 3.05) is 5.32 Å². The Morgan fingerprint density at radius 2 is 1.84 bits per heavy atom. The summed E-state index contributed by atoms with van der Waals surface area (Å²) in [6.45, 7) is 5.53. The molecule has 3 rings (SSSR count). The predicted molar refractivity (Wildman–Crippen MR) is 111 cm³/mol. The number of nitrogens with zero attached hydrogens (tertiary/aromatic N) is 2. The maximum Gasteiger partial charge on any atom is 0.418 e. The van der Waals surface area contributed by atoms with Gasteiger partial charge in [-0.2, -0.15) is 13.2 Å². The van der Waals surface area contributed by atoms with Crippen molar-refractivity contribution in [3.05, 3.63) is 76.7 Å². The third-order valence-electron chi connectivity index (χ3n) is 4.73. The molecule has 5 nitrogen and oxygen atoms in total. The van der Waals surface area contributed by atoms with Gasteiger partial charge in [0.2, 0.25) is 5.88 Å². The molecule has 8 heteroatoms. The number of ether oxygens (including phenoxy) is 1. The number of carbonyl (C=O) groups is 1. The summed E-state index contributed by atoms with van der Waals surface area (Å²) >= 11 is 0. The molecular formula is C23H22F3N3O2. The number of aryl methyl sites for hydroxylation is 3. The van der Waals surface area contributed by atoms with Crippen molar-refractivity contribution in [3.8, 4) is 11.6 Å². The van der Waals surface area contributed by atoms with Crippen molar-refractivity contribution >= 4 is 11.6 Å². The number of rotatable bonds is 6. The van der Waals surface area contributed by atoms with Crippen molar-refractivity contribution in [2.24, 2.45) is 0 Å². The Bertz CT molecular complexity index is 1100. The van der Waals surface area contributed by atoms with Crippen molar-refractivity contribution in [1.29, 1.82) is 0 Å². The first-order valence-electron chi connectivity index (χ1n) is 9.82. The molecule has 162 valence electrons. The molecule has 1 aromatic heterocycles. The highest BCUT2D eigenvalue weighted by atomic mass is 19.4. The van der Waals surface area contributed by atoms with Gasteiger partial charge in [-0.05, 0) is 55.2 Å². The molecule has 31 heavy (non-hydrogen) atoms. The van der Waals surface area contributed by atoms with Crippen molar-refractivity contribution in [1.82, 2.24) is 9.97 Å². The first-order chi connectivity index (χ1) is 14.7. The number of alkyl halides is 3. The average molecular weight is 429 g/mol. The summed E-state index contributed by atoms with van der Waals surface area (Å²) in [5, 5.41) is 2.41. The van der Waals surface area contributed by atoms with Crippen molar-refractivity contribution < 1.29 is 22.7 Å². The van der Waals surface area contributed by atoms with Gasteiger partial charge >= 0.3 is 6.18 Å². The van der Waals surface area contributed by atoms with Crippen LogP contribution in [0.3, 0.4) is 0 Å². The minimum Gasteiger partial charge on any atom is -0.437 e. The molecule has 0 radical (unpaired) electrons. The van der Waals surface area contributed by atoms with Gasteiger partial charge in [0, 0.05) is 11.8 Å². The predicted octanol–water partition coefficient (Wildman–Crippen LogP) is 5.97. The lowest BCUT2D eigenvalue weighted by molar-refractivity contribution is -0.136. The van der Waals surface area contributed by atoms with Gasteiger partial charge in [0.05, 0.1) is 23.1 Å². The molecule has 0 aliphatic rings. The SMILES string of the molecule is CCc1cncc(Oc2cc(C)c(C(=O)Nc3ccccc3C(F)(F)F)c(CC)c2)n1. The van der Waals surface area contributed by atoms with Crippen LogP contribution in [0.25, 0.3) is 0 Å². The third kappa shape index (κ3) is 5.20. The van der Waals surface area contributed by atoms with Gasteiger partial charge in [-0.3, -0.25) is 9.78 Å². The molecule has 1 N–H and O–H groups in total. The summed E-state index contributed by atoms with van der Waals surface area (Å²) in [5.41, 5.74) is 1.15. The Morgan fingerprint density at radius 3 is 2.52 bits per heavy atom. The number of halogens is 3. The fourth-order valence-electron chi connectivity index (χ4n) is 3.24. The standard InChI is InChI=1S/C23H22F3N3O2/c1-4-15-11-17(31-20-13-27-12-16(5-2)28-20)10-14(3)21(15)22(30)29-19-9-7-6-8-18(19)23(24,25)26/h6-13H,4-5H2,1-3H3,(H,29,30). The van der Waals surface area contributed by atoms with E-state index in [1.807, 2.05) is 13.8 Å². The van der Waals surface area contributed by atoms with Crippen LogP contribution in [0.5, 0.6) is 11.6 Å². The number of amides is 1. The number of carbonyl (C=O) groups excluding carboxylic acids is 1. The summed E-state index contributed by atoms with van der Waals surface area (Å²) in [6, 6.07) is 8.25. The summed E-state index contributed by atoms with van der Waals surface area (Å²) < 4.78 is 45.6. The van der Waals surface area contributed by atoms with Crippen LogP contribution >= 0.6 is 0 Å². The Kier molecular flexibility index (Phi) is 6.58. The molecule has 0 fully saturated rings. The Labute approximate surface area is 178 Å². The Balaban J connectivity index is 1.91. The number of aromatic nitrogens is 2. The number of anilines is 1. The molecule has 0 atom stereocenters. The van der Waals surface area contributed by atoms with E-state index in [-0.39, 0.29) is 5.69 Å². The van der Waals surface area contributed by atoms with E-state index in [1.54, 1.807) is 25.3 Å². The largest absolute Gasteiger partial charge is 0.437 e. The van der Waals surface area contributed by atoms with E-state index in [0.29, 0.717) is 41.2 Å². The van der Waals surface area contributed by atoms with Gasteiger partial charge in [0.1, 0.15) is 5.75 Å². The molecule has 3 aromatic rings. The zero-order valence-corrected chi connectivity index (χ0v) is 17.4. The highest BCUT2D eigenvalue weighted by Gasteiger charge is 2.33. The number of hydrogen-bond donors (Lipinski definition) is 1. The number of hydrogen-bond acceptors (Lipinski definition) is 4. The Morgan fingerprint density at radius 1 is 1.10 bits per heavy atom. The molecule has 0 spiro atoms. The lowest BCUT2D eigenvalue weighted by Crippen LogP contribution is -2.19. The summed E-state index contributed by atoms with van der Waals surface area (Å²) in [7, 11) is 0. The highest BCUT2D eigenvalue weighted by Crippen LogP contribution is 2.35. The molecule has 0 saturated heterocycles. The van der Waals surface area contributed by atoms with Gasteiger partial charge in [0.15, 0.2) is 0 Å². The lowest BCUT2D eigenvalue weighted by atomic mass is 9.98. The van der Waals surface area contributed by atoms with Crippen LogP contribution in [0, 0.1) is 6.92 Å². The molecular weight excluding hydrogens is 407 g/mol. The highest BCUT2D eigenvalue weighted by molar-refractivity contribution is 6.06. The van der Waals surface area contributed by atoms with E-state index in [0.717, 1.165) is 11.8 Å². The number of benzene rings is 2. The Hall–Kier alpha value is -3.42. The molecule has 0 bridgehead atoms. The molecule has 1 amide bonds. The third-order valence-corrected chi connectivity index (χ3v) is 4.73. The second kappa shape index (κ2) is 9.16. The van der Waals surface area contributed by atoms with Gasteiger partial charge < -0.3 is 10.1 Å². The molecule has 0 unspecified atom stereocenters. The summed E-state index contributed by atoms with van der Waals surface area (Å²) in [6.07, 6.45) is -0.223. The lowest BCUT2D eigenvalue weighted by Gasteiger charge is -2.17. The molecule has 0 saturated carbocycles. The maximum atomic E-state index is 13.3. The molecule has 0 aliphatic heterocycles. The zero-order chi connectivity index (χ0) is 22.6. The number of para-hydroxylation sites is 1. The minimum absolute atomic E-state index is 0.284. The first kappa shape index (κ1) is 22.3. The monoisotopic (exact) mass is 429 g/mol. The van der Waals surface area contributed by atoms with E-state index < -0.39 is 17.6 Å². The van der Waals surface area contributed by atoms with Crippen LogP contribution in [-0.2, 0) is 19.0 Å². The summed E-state index contributed by atoms with van der Waals surface area (Å²) in [4.78, 5) is 21.3. The second-order valence-electron chi connectivity index (χ2n) is 6.93. The van der Waals surface area contributed by atoms with E-state index in [4.69, 9.17) is 4.74 Å². The molecule has 2 aromatic carbocycles. The maximum absolute atomic E-state index is 13.3. The fourth-order valence-corrected chi connectivity index (χ4v) is 3.24. The van der Waals surface area contributed by atoms with Crippen LogP contribution in [0.4, 0.5) is 18.9 Å². The topological polar surface area (TPSA) is 64.1 Å². The van der Waals surface area contributed by atoms with Gasteiger partial charge in [-0.25, -0.2) is 4.98 Å². The number of nitrogens with one attached hydrogen (secondary N) is 1. The molecule has 0 aliphatic carbocycles. The van der Waals surface area contributed by atoms with Crippen LogP contribution < -0.4 is 10.1 Å². The van der Waals surface area contributed by atoms with Crippen LogP contribution in [-0.4, -0.2) is 15.9 Å². The smallest absolute Gasteiger partial charge is 0.418 e. The second-order valence-corrected chi connectivity index (χ2v) is 6.93. The fraction of sp³-hybridized carbons (Fsp3) is 0.261. The van der Waals surface area contributed by atoms with E-state index in [1.165, 1.54) is 24.4 Å². The average Bonchev–Trinajstić information content (AvgIpc) is 2.72. The van der Waals surface area contributed by atoms with Gasteiger partial charge in [0.25, 0.3) is 5.91 Å². The van der Waals surface area contributed by atoms with E-state index in [9.17, 15) is 18.0 Å². The van der Waals surface area contributed by atoms with Crippen LogP contribution in [0.2, 0.25) is 0 Å². The first-order valence-corrected chi connectivity index (χ1v) is 9.82. The quantitative estimate of drug-likeness (QED) is 0.524. The van der Waals surface area contributed by atoms with Crippen LogP contribution in [0.1, 0.15) is 46.6 Å². The van der Waals surface area contributed by atoms with Crippen molar-refractivity contribution in [2.45, 2.75) is 39.8 Å². The van der Waals surface area contributed by atoms with Crippen LogP contribution in [0.15, 0.2) is 48.8 Å². The van der Waals surface area contributed by atoms with Crippen molar-refractivity contribution in [3.63, 3.8) is 0 Å². The van der Waals surface area contributed by atoms with Gasteiger partial charge in [-0.1, -0.05) is 26.0 Å². The van der Waals surface area contributed by atoms with Gasteiger partial charge in [-0.15, -0.1) is 0 Å². The molecule has 1 heterocycles.